The molecule has 1 aliphatic heterocycles. The summed E-state index contributed by atoms with van der Waals surface area (Å²) in [5.74, 6) is -0.525. The van der Waals surface area contributed by atoms with Crippen molar-refractivity contribution in [1.82, 2.24) is 5.32 Å². The van der Waals surface area contributed by atoms with E-state index in [-0.39, 0.29) is 29.6 Å². The Labute approximate surface area is 176 Å². The Balaban J connectivity index is 1.51. The van der Waals surface area contributed by atoms with Crippen LogP contribution in [-0.4, -0.2) is 51.3 Å². The topological polar surface area (TPSA) is 59.4 Å². The SMILES string of the molecule is C[C@H]([NH2+]C[C@@H](c1ccc(F)cc1)[NH+]1CCOCC1)C(=O)NCCc1ccc(F)cc1. The number of amides is 1. The van der Waals surface area contributed by atoms with Gasteiger partial charge in [0.1, 0.15) is 31.3 Å². The maximum absolute atomic E-state index is 13.4. The fourth-order valence-electron chi connectivity index (χ4n) is 3.80. The lowest BCUT2D eigenvalue weighted by atomic mass is 10.0. The van der Waals surface area contributed by atoms with E-state index in [1.165, 1.54) is 29.2 Å². The van der Waals surface area contributed by atoms with Crippen LogP contribution in [0.15, 0.2) is 48.5 Å². The molecule has 4 N–H and O–H groups in total. The highest BCUT2D eigenvalue weighted by atomic mass is 19.1. The first kappa shape index (κ1) is 22.3. The standard InChI is InChI=1S/C23H29F2N3O2/c1-17(23(29)26-11-10-18-2-6-20(24)7-3-18)27-16-22(28-12-14-30-15-13-28)19-4-8-21(25)9-5-19/h2-9,17,22,27H,10-16H2,1H3,(H,26,29)/p+2/t17-,22-/m0/s1. The second-order valence-electron chi connectivity index (χ2n) is 7.80. The first-order valence-corrected chi connectivity index (χ1v) is 10.6. The number of halogens is 2. The predicted octanol–water partition coefficient (Wildman–Crippen LogP) is 0.232. The molecule has 3 rings (SSSR count). The van der Waals surface area contributed by atoms with Gasteiger partial charge in [-0.25, -0.2) is 8.78 Å². The zero-order valence-corrected chi connectivity index (χ0v) is 17.4. The summed E-state index contributed by atoms with van der Waals surface area (Å²) < 4.78 is 31.8. The second kappa shape index (κ2) is 11.2. The number of nitrogens with two attached hydrogens (primary N) is 1. The van der Waals surface area contributed by atoms with Crippen LogP contribution < -0.4 is 15.5 Å². The van der Waals surface area contributed by atoms with Gasteiger partial charge in [0, 0.05) is 12.1 Å². The first-order chi connectivity index (χ1) is 14.5. The van der Waals surface area contributed by atoms with Crippen molar-refractivity contribution in [3.8, 4) is 0 Å². The summed E-state index contributed by atoms with van der Waals surface area (Å²) in [6, 6.07) is 12.9. The fourth-order valence-corrected chi connectivity index (χ4v) is 3.80. The average Bonchev–Trinajstić information content (AvgIpc) is 2.77. The first-order valence-electron chi connectivity index (χ1n) is 10.6. The minimum atomic E-state index is -0.260. The molecule has 1 heterocycles. The second-order valence-corrected chi connectivity index (χ2v) is 7.80. The molecule has 0 aliphatic carbocycles. The van der Waals surface area contributed by atoms with Crippen molar-refractivity contribution in [2.75, 3.05) is 39.4 Å². The van der Waals surface area contributed by atoms with Gasteiger partial charge in [-0.15, -0.1) is 0 Å². The van der Waals surface area contributed by atoms with E-state index < -0.39 is 0 Å². The van der Waals surface area contributed by atoms with Crippen LogP contribution in [0, 0.1) is 11.6 Å². The van der Waals surface area contributed by atoms with Gasteiger partial charge in [0.25, 0.3) is 5.91 Å². The monoisotopic (exact) mass is 419 g/mol. The lowest BCUT2D eigenvalue weighted by molar-refractivity contribution is -0.952. The molecule has 0 unspecified atom stereocenters. The quantitative estimate of drug-likeness (QED) is 0.545. The largest absolute Gasteiger partial charge is 0.370 e. The molecule has 0 spiro atoms. The van der Waals surface area contributed by atoms with Gasteiger partial charge < -0.3 is 20.3 Å². The van der Waals surface area contributed by atoms with Gasteiger partial charge in [-0.1, -0.05) is 12.1 Å². The van der Waals surface area contributed by atoms with Crippen LogP contribution in [0.2, 0.25) is 0 Å². The molecular formula is C23H31F2N3O2+2. The van der Waals surface area contributed by atoms with Crippen LogP contribution in [0.4, 0.5) is 8.78 Å². The number of carbonyl (C=O) groups is 1. The van der Waals surface area contributed by atoms with Crippen molar-refractivity contribution in [2.45, 2.75) is 25.4 Å². The molecular weight excluding hydrogens is 388 g/mol. The molecule has 0 saturated carbocycles. The van der Waals surface area contributed by atoms with Gasteiger partial charge in [-0.3, -0.25) is 4.79 Å². The Morgan fingerprint density at radius 1 is 1.07 bits per heavy atom. The van der Waals surface area contributed by atoms with Crippen LogP contribution in [-0.2, 0) is 16.0 Å². The molecule has 1 aliphatic rings. The number of hydrogen-bond donors (Lipinski definition) is 3. The number of hydrogen-bond acceptors (Lipinski definition) is 2. The number of nitrogens with one attached hydrogen (secondary N) is 2. The molecule has 162 valence electrons. The molecule has 0 aromatic heterocycles. The van der Waals surface area contributed by atoms with Gasteiger partial charge in [0.2, 0.25) is 0 Å². The minimum absolute atomic E-state index is 0.0213. The summed E-state index contributed by atoms with van der Waals surface area (Å²) in [7, 11) is 0. The molecule has 2 aromatic carbocycles. The third-order valence-electron chi connectivity index (χ3n) is 5.67. The van der Waals surface area contributed by atoms with Gasteiger partial charge in [0.05, 0.1) is 13.2 Å². The van der Waals surface area contributed by atoms with E-state index in [2.05, 4.69) is 5.32 Å². The number of quaternary nitrogens is 2. The molecule has 1 amide bonds. The van der Waals surface area contributed by atoms with E-state index in [0.29, 0.717) is 26.2 Å². The fraction of sp³-hybridized carbons (Fsp3) is 0.435. The predicted molar refractivity (Wildman–Crippen MR) is 110 cm³/mol. The number of rotatable bonds is 9. The van der Waals surface area contributed by atoms with Crippen LogP contribution in [0.3, 0.4) is 0 Å². The van der Waals surface area contributed by atoms with Crippen molar-refractivity contribution < 1.29 is 28.5 Å². The molecule has 7 heteroatoms. The smallest absolute Gasteiger partial charge is 0.277 e. The van der Waals surface area contributed by atoms with Crippen molar-refractivity contribution in [3.63, 3.8) is 0 Å². The maximum Gasteiger partial charge on any atom is 0.277 e. The van der Waals surface area contributed by atoms with Crippen LogP contribution in [0.25, 0.3) is 0 Å². The number of carbonyl (C=O) groups excluding carboxylic acids is 1. The summed E-state index contributed by atoms with van der Waals surface area (Å²) in [4.78, 5) is 13.9. The normalized spacial score (nSPS) is 16.8. The summed E-state index contributed by atoms with van der Waals surface area (Å²) in [5.41, 5.74) is 2.06. The van der Waals surface area contributed by atoms with Gasteiger partial charge in [0.15, 0.2) is 12.1 Å². The highest BCUT2D eigenvalue weighted by Crippen LogP contribution is 2.10. The lowest BCUT2D eigenvalue weighted by Gasteiger charge is -2.31. The number of morpholine rings is 1. The third kappa shape index (κ3) is 6.58. The van der Waals surface area contributed by atoms with Gasteiger partial charge in [-0.05, 0) is 55.3 Å². The van der Waals surface area contributed by atoms with Crippen molar-refractivity contribution in [2.24, 2.45) is 0 Å². The minimum Gasteiger partial charge on any atom is -0.370 e. The molecule has 1 saturated heterocycles. The Kier molecular flexibility index (Phi) is 8.30. The zero-order valence-electron chi connectivity index (χ0n) is 17.4. The molecule has 0 bridgehead atoms. The van der Waals surface area contributed by atoms with E-state index in [9.17, 15) is 13.6 Å². The van der Waals surface area contributed by atoms with Crippen LogP contribution in [0.1, 0.15) is 24.1 Å². The lowest BCUT2D eigenvalue weighted by Crippen LogP contribution is -3.17. The van der Waals surface area contributed by atoms with Gasteiger partial charge >= 0.3 is 0 Å². The van der Waals surface area contributed by atoms with E-state index in [4.69, 9.17) is 4.74 Å². The molecule has 2 atom stereocenters. The molecule has 2 aromatic rings. The third-order valence-corrected chi connectivity index (χ3v) is 5.67. The molecule has 30 heavy (non-hydrogen) atoms. The highest BCUT2D eigenvalue weighted by Gasteiger charge is 2.29. The van der Waals surface area contributed by atoms with Crippen molar-refractivity contribution in [1.29, 1.82) is 0 Å². The number of benzene rings is 2. The molecule has 5 nitrogen and oxygen atoms in total. The molecule has 1 fully saturated rings. The summed E-state index contributed by atoms with van der Waals surface area (Å²) in [5, 5.41) is 5.00. The van der Waals surface area contributed by atoms with E-state index in [1.807, 2.05) is 24.4 Å². The molecule has 0 radical (unpaired) electrons. The van der Waals surface area contributed by atoms with Gasteiger partial charge in [-0.2, -0.15) is 0 Å². The Bertz CT molecular complexity index is 793. The van der Waals surface area contributed by atoms with E-state index in [0.717, 1.165) is 30.8 Å². The van der Waals surface area contributed by atoms with E-state index >= 15 is 0 Å². The average molecular weight is 420 g/mol. The van der Waals surface area contributed by atoms with Crippen molar-refractivity contribution >= 4 is 5.91 Å². The summed E-state index contributed by atoms with van der Waals surface area (Å²) in [6.45, 7) is 6.36. The van der Waals surface area contributed by atoms with Crippen LogP contribution >= 0.6 is 0 Å². The van der Waals surface area contributed by atoms with E-state index in [1.54, 1.807) is 12.1 Å². The Morgan fingerprint density at radius 3 is 2.30 bits per heavy atom. The maximum atomic E-state index is 13.4. The van der Waals surface area contributed by atoms with Crippen molar-refractivity contribution in [3.05, 3.63) is 71.3 Å². The summed E-state index contributed by atoms with van der Waals surface area (Å²) in [6.07, 6.45) is 0.662. The highest BCUT2D eigenvalue weighted by molar-refractivity contribution is 5.79. The Morgan fingerprint density at radius 2 is 1.67 bits per heavy atom. The zero-order chi connectivity index (χ0) is 21.3. The number of ether oxygens (including phenoxy) is 1. The van der Waals surface area contributed by atoms with Crippen LogP contribution in [0.5, 0.6) is 0 Å². The summed E-state index contributed by atoms with van der Waals surface area (Å²) >= 11 is 0. The Hall–Kier alpha value is -2.35.